The Balaban J connectivity index is 1.54. The van der Waals surface area contributed by atoms with Gasteiger partial charge in [-0.05, 0) is 48.6 Å². The van der Waals surface area contributed by atoms with Crippen molar-refractivity contribution in [2.75, 3.05) is 25.0 Å². The normalized spacial score (nSPS) is 18.5. The van der Waals surface area contributed by atoms with Gasteiger partial charge in [-0.1, -0.05) is 35.9 Å². The number of likely N-dealkylation sites (tertiary alicyclic amines) is 1. The Bertz CT molecular complexity index is 1010. The fourth-order valence-electron chi connectivity index (χ4n) is 4.23. The lowest BCUT2D eigenvalue weighted by Gasteiger charge is -2.37. The summed E-state index contributed by atoms with van der Waals surface area (Å²) < 4.78 is 0. The molecule has 0 aromatic heterocycles. The van der Waals surface area contributed by atoms with E-state index in [-0.39, 0.29) is 24.4 Å². The van der Waals surface area contributed by atoms with E-state index in [1.165, 1.54) is 0 Å². The molecule has 6 nitrogen and oxygen atoms in total. The first-order chi connectivity index (χ1) is 14.5. The second-order valence-electron chi connectivity index (χ2n) is 7.78. The first kappa shape index (κ1) is 20.4. The van der Waals surface area contributed by atoms with Gasteiger partial charge < -0.3 is 10.2 Å². The second kappa shape index (κ2) is 8.86. The number of halogens is 1. The number of carbonyl (C=O) groups is 2. The summed E-state index contributed by atoms with van der Waals surface area (Å²) in [6.45, 7) is 2.17. The summed E-state index contributed by atoms with van der Waals surface area (Å²) in [5, 5.41) is 12.5. The van der Waals surface area contributed by atoms with Crippen LogP contribution >= 0.6 is 11.6 Å². The molecule has 1 atom stereocenters. The molecule has 0 spiro atoms. The minimum atomic E-state index is -0.362. The lowest BCUT2D eigenvalue weighted by Crippen LogP contribution is -2.52. The number of anilines is 1. The molecule has 2 aliphatic rings. The molecule has 7 heteroatoms. The Hall–Kier alpha value is -2.88. The number of amides is 2. The molecule has 1 fully saturated rings. The first-order valence-electron chi connectivity index (χ1n) is 10.1. The van der Waals surface area contributed by atoms with Gasteiger partial charge in [-0.15, -0.1) is 0 Å². The van der Waals surface area contributed by atoms with Gasteiger partial charge in [0, 0.05) is 24.7 Å². The molecule has 0 saturated carbocycles. The molecule has 30 heavy (non-hydrogen) atoms. The number of rotatable bonds is 4. The predicted octanol–water partition coefficient (Wildman–Crippen LogP) is 3.20. The fourth-order valence-corrected chi connectivity index (χ4v) is 4.40. The van der Waals surface area contributed by atoms with Crippen LogP contribution in [0.2, 0.25) is 5.02 Å². The van der Waals surface area contributed by atoms with E-state index in [1.807, 2.05) is 28.0 Å². The summed E-state index contributed by atoms with van der Waals surface area (Å²) >= 11 is 6.02. The number of nitriles is 1. The molecule has 2 amide bonds. The molecule has 2 aromatic carbocycles. The SMILES string of the molecule is N#Cc1ccc(Cl)cc1NC(=O)CN1Cc2ccccc2C[C@H]1C(=O)N1CCCC1. The van der Waals surface area contributed by atoms with E-state index in [9.17, 15) is 14.9 Å². The molecule has 2 aliphatic heterocycles. The molecule has 0 bridgehead atoms. The number of nitrogens with one attached hydrogen (secondary N) is 1. The van der Waals surface area contributed by atoms with Crippen molar-refractivity contribution < 1.29 is 9.59 Å². The molecule has 154 valence electrons. The van der Waals surface area contributed by atoms with Crippen LogP contribution in [0, 0.1) is 11.3 Å². The maximum Gasteiger partial charge on any atom is 0.240 e. The van der Waals surface area contributed by atoms with Gasteiger partial charge in [0.05, 0.1) is 23.8 Å². The summed E-state index contributed by atoms with van der Waals surface area (Å²) in [4.78, 5) is 29.9. The molecular weight excluding hydrogens is 400 g/mol. The van der Waals surface area contributed by atoms with E-state index in [2.05, 4.69) is 17.5 Å². The molecular formula is C23H23ClN4O2. The third kappa shape index (κ3) is 4.33. The summed E-state index contributed by atoms with van der Waals surface area (Å²) in [6.07, 6.45) is 2.65. The Morgan fingerprint density at radius 3 is 2.60 bits per heavy atom. The minimum Gasteiger partial charge on any atom is -0.341 e. The van der Waals surface area contributed by atoms with Crippen molar-refractivity contribution in [3.63, 3.8) is 0 Å². The standard InChI is InChI=1S/C23H23ClN4O2/c24-19-8-7-17(13-25)20(12-19)26-22(29)15-28-14-18-6-2-1-5-16(18)11-21(28)23(30)27-9-3-4-10-27/h1-2,5-8,12,21H,3-4,9-11,14-15H2,(H,26,29)/t21-/m0/s1. The molecule has 0 aliphatic carbocycles. The number of nitrogens with zero attached hydrogens (tertiary/aromatic N) is 3. The Kier molecular flexibility index (Phi) is 6.03. The maximum atomic E-state index is 13.2. The van der Waals surface area contributed by atoms with E-state index in [0.717, 1.165) is 37.1 Å². The zero-order chi connectivity index (χ0) is 21.1. The highest BCUT2D eigenvalue weighted by Crippen LogP contribution is 2.26. The Labute approximate surface area is 181 Å². The highest BCUT2D eigenvalue weighted by Gasteiger charge is 2.35. The lowest BCUT2D eigenvalue weighted by atomic mass is 9.93. The van der Waals surface area contributed by atoms with Gasteiger partial charge in [-0.25, -0.2) is 0 Å². The van der Waals surface area contributed by atoms with Crippen molar-refractivity contribution in [3.05, 3.63) is 64.2 Å². The monoisotopic (exact) mass is 422 g/mol. The van der Waals surface area contributed by atoms with Crippen molar-refractivity contribution in [3.8, 4) is 6.07 Å². The topological polar surface area (TPSA) is 76.4 Å². The van der Waals surface area contributed by atoms with Gasteiger partial charge in [0.2, 0.25) is 11.8 Å². The Morgan fingerprint density at radius 1 is 1.13 bits per heavy atom. The third-order valence-electron chi connectivity index (χ3n) is 5.77. The number of fused-ring (bicyclic) bond motifs is 1. The molecule has 4 rings (SSSR count). The summed E-state index contributed by atoms with van der Waals surface area (Å²) in [7, 11) is 0. The molecule has 0 unspecified atom stereocenters. The van der Waals surface area contributed by atoms with Crippen LogP contribution in [0.5, 0.6) is 0 Å². The molecule has 1 saturated heterocycles. The largest absolute Gasteiger partial charge is 0.341 e. The first-order valence-corrected chi connectivity index (χ1v) is 10.5. The molecule has 1 N–H and O–H groups in total. The predicted molar refractivity (Wildman–Crippen MR) is 115 cm³/mol. The number of hydrogen-bond donors (Lipinski definition) is 1. The minimum absolute atomic E-state index is 0.0654. The highest BCUT2D eigenvalue weighted by molar-refractivity contribution is 6.31. The summed E-state index contributed by atoms with van der Waals surface area (Å²) in [5.74, 6) is -0.178. The lowest BCUT2D eigenvalue weighted by molar-refractivity contribution is -0.137. The van der Waals surface area contributed by atoms with Crippen LogP contribution in [-0.4, -0.2) is 47.3 Å². The van der Waals surface area contributed by atoms with E-state index in [4.69, 9.17) is 11.6 Å². The molecule has 2 heterocycles. The van der Waals surface area contributed by atoms with E-state index < -0.39 is 0 Å². The van der Waals surface area contributed by atoms with Crippen LogP contribution in [0.25, 0.3) is 0 Å². The van der Waals surface area contributed by atoms with E-state index in [0.29, 0.717) is 29.2 Å². The summed E-state index contributed by atoms with van der Waals surface area (Å²) in [5.41, 5.74) is 3.03. The molecule has 0 radical (unpaired) electrons. The number of benzene rings is 2. The zero-order valence-corrected chi connectivity index (χ0v) is 17.4. The van der Waals surface area contributed by atoms with Crippen LogP contribution in [0.3, 0.4) is 0 Å². The van der Waals surface area contributed by atoms with Gasteiger partial charge in [-0.2, -0.15) is 5.26 Å². The van der Waals surface area contributed by atoms with Gasteiger partial charge in [0.25, 0.3) is 0 Å². The average Bonchev–Trinajstić information content (AvgIpc) is 3.28. The van der Waals surface area contributed by atoms with Crippen LogP contribution < -0.4 is 5.32 Å². The van der Waals surface area contributed by atoms with Crippen LogP contribution in [0.15, 0.2) is 42.5 Å². The van der Waals surface area contributed by atoms with Crippen LogP contribution in [-0.2, 0) is 22.6 Å². The third-order valence-corrected chi connectivity index (χ3v) is 6.01. The fraction of sp³-hybridized carbons (Fsp3) is 0.348. The van der Waals surface area contributed by atoms with E-state index >= 15 is 0 Å². The summed E-state index contributed by atoms with van der Waals surface area (Å²) in [6, 6.07) is 14.5. The quantitative estimate of drug-likeness (QED) is 0.820. The van der Waals surface area contributed by atoms with Crippen molar-refractivity contribution >= 4 is 29.1 Å². The van der Waals surface area contributed by atoms with Crippen LogP contribution in [0.1, 0.15) is 29.5 Å². The van der Waals surface area contributed by atoms with Crippen molar-refractivity contribution in [1.82, 2.24) is 9.80 Å². The van der Waals surface area contributed by atoms with Crippen molar-refractivity contribution in [2.45, 2.75) is 31.8 Å². The van der Waals surface area contributed by atoms with Gasteiger partial charge in [0.15, 0.2) is 0 Å². The van der Waals surface area contributed by atoms with Gasteiger partial charge in [0.1, 0.15) is 6.07 Å². The Morgan fingerprint density at radius 2 is 1.87 bits per heavy atom. The maximum absolute atomic E-state index is 13.2. The van der Waals surface area contributed by atoms with Gasteiger partial charge >= 0.3 is 0 Å². The average molecular weight is 423 g/mol. The molecule has 2 aromatic rings. The smallest absolute Gasteiger partial charge is 0.240 e. The number of carbonyl (C=O) groups excluding carboxylic acids is 2. The van der Waals surface area contributed by atoms with E-state index in [1.54, 1.807) is 18.2 Å². The second-order valence-corrected chi connectivity index (χ2v) is 8.21. The van der Waals surface area contributed by atoms with Crippen molar-refractivity contribution in [2.24, 2.45) is 0 Å². The zero-order valence-electron chi connectivity index (χ0n) is 16.6. The highest BCUT2D eigenvalue weighted by atomic mass is 35.5. The van der Waals surface area contributed by atoms with Crippen LogP contribution in [0.4, 0.5) is 5.69 Å². The van der Waals surface area contributed by atoms with Crippen molar-refractivity contribution in [1.29, 1.82) is 5.26 Å². The number of hydrogen-bond acceptors (Lipinski definition) is 4. The van der Waals surface area contributed by atoms with Gasteiger partial charge in [-0.3, -0.25) is 14.5 Å².